The summed E-state index contributed by atoms with van der Waals surface area (Å²) in [7, 11) is 1.59. The topological polar surface area (TPSA) is 29.5 Å². The summed E-state index contributed by atoms with van der Waals surface area (Å²) in [6.45, 7) is 0. The second kappa shape index (κ2) is 3.51. The molecule has 4 aromatic rings. The van der Waals surface area contributed by atoms with E-state index in [1.54, 1.807) is 13.2 Å². The molecule has 0 aliphatic rings. The summed E-state index contributed by atoms with van der Waals surface area (Å²) in [6, 6.07) is 16.3. The van der Waals surface area contributed by atoms with Crippen molar-refractivity contribution in [2.24, 2.45) is 0 Å². The minimum Gasteiger partial charge on any atom is -0.504 e. The first-order valence-corrected chi connectivity index (χ1v) is 6.23. The predicted octanol–water partition coefficient (Wildman–Crippen LogP) is 4.30. The molecule has 0 aromatic heterocycles. The van der Waals surface area contributed by atoms with Gasteiger partial charge in [-0.1, -0.05) is 36.4 Å². The summed E-state index contributed by atoms with van der Waals surface area (Å²) in [5, 5.41) is 16.9. The van der Waals surface area contributed by atoms with Crippen LogP contribution in [0.3, 0.4) is 0 Å². The van der Waals surface area contributed by atoms with E-state index in [4.69, 9.17) is 4.74 Å². The summed E-state index contributed by atoms with van der Waals surface area (Å²) in [4.78, 5) is 0. The summed E-state index contributed by atoms with van der Waals surface area (Å²) in [5.41, 5.74) is 0. The van der Waals surface area contributed by atoms with Crippen LogP contribution in [0.2, 0.25) is 0 Å². The number of aromatic hydroxyl groups is 1. The molecule has 4 rings (SSSR count). The molecular weight excluding hydrogens is 236 g/mol. The Bertz CT molecular complexity index is 893. The van der Waals surface area contributed by atoms with E-state index in [1.165, 1.54) is 16.2 Å². The Morgan fingerprint density at radius 1 is 0.842 bits per heavy atom. The minimum atomic E-state index is 0.188. The van der Waals surface area contributed by atoms with Crippen LogP contribution < -0.4 is 4.74 Å². The smallest absolute Gasteiger partial charge is 0.168 e. The summed E-state index contributed by atoms with van der Waals surface area (Å²) < 4.78 is 5.35. The molecule has 19 heavy (non-hydrogen) atoms. The van der Waals surface area contributed by atoms with Crippen LogP contribution in [0, 0.1) is 0 Å². The van der Waals surface area contributed by atoms with Crippen molar-refractivity contribution in [3.63, 3.8) is 0 Å². The van der Waals surface area contributed by atoms with E-state index in [2.05, 4.69) is 30.3 Å². The second-order valence-corrected chi connectivity index (χ2v) is 4.78. The summed E-state index contributed by atoms with van der Waals surface area (Å²) >= 11 is 0. The van der Waals surface area contributed by atoms with Crippen LogP contribution in [0.4, 0.5) is 0 Å². The first-order valence-electron chi connectivity index (χ1n) is 6.23. The Kier molecular flexibility index (Phi) is 1.93. The first-order chi connectivity index (χ1) is 9.29. The third kappa shape index (κ3) is 1.26. The number of methoxy groups -OCH3 is 1. The third-order valence-electron chi connectivity index (χ3n) is 3.78. The molecular formula is C17H12O2. The predicted molar refractivity (Wildman–Crippen MR) is 78.4 cm³/mol. The Morgan fingerprint density at radius 2 is 1.53 bits per heavy atom. The van der Waals surface area contributed by atoms with Crippen LogP contribution in [0.1, 0.15) is 0 Å². The molecule has 4 aromatic carbocycles. The Balaban J connectivity index is 2.39. The molecule has 0 saturated carbocycles. The molecule has 0 spiro atoms. The van der Waals surface area contributed by atoms with E-state index in [1.807, 2.05) is 12.1 Å². The lowest BCUT2D eigenvalue weighted by atomic mass is 9.93. The molecule has 0 atom stereocenters. The van der Waals surface area contributed by atoms with Crippen LogP contribution in [-0.2, 0) is 0 Å². The van der Waals surface area contributed by atoms with Crippen molar-refractivity contribution in [3.8, 4) is 11.5 Å². The molecule has 0 fully saturated rings. The fourth-order valence-corrected chi connectivity index (χ4v) is 2.98. The lowest BCUT2D eigenvalue weighted by Gasteiger charge is -2.14. The van der Waals surface area contributed by atoms with Gasteiger partial charge in [-0.3, -0.25) is 0 Å². The van der Waals surface area contributed by atoms with Crippen molar-refractivity contribution in [2.45, 2.75) is 0 Å². The van der Waals surface area contributed by atoms with Crippen LogP contribution in [-0.4, -0.2) is 12.2 Å². The van der Waals surface area contributed by atoms with Crippen LogP contribution >= 0.6 is 0 Å². The van der Waals surface area contributed by atoms with Gasteiger partial charge in [-0.15, -0.1) is 0 Å². The van der Waals surface area contributed by atoms with E-state index in [0.717, 1.165) is 16.2 Å². The minimum absolute atomic E-state index is 0.188. The highest BCUT2D eigenvalue weighted by atomic mass is 16.5. The van der Waals surface area contributed by atoms with Crippen molar-refractivity contribution >= 4 is 32.3 Å². The van der Waals surface area contributed by atoms with Crippen molar-refractivity contribution in [1.82, 2.24) is 0 Å². The van der Waals surface area contributed by atoms with Gasteiger partial charge in [-0.2, -0.15) is 0 Å². The maximum Gasteiger partial charge on any atom is 0.168 e. The van der Waals surface area contributed by atoms with Gasteiger partial charge in [0.2, 0.25) is 0 Å². The lowest BCUT2D eigenvalue weighted by Crippen LogP contribution is -1.89. The Labute approximate surface area is 110 Å². The van der Waals surface area contributed by atoms with Gasteiger partial charge in [0.25, 0.3) is 0 Å². The maximum atomic E-state index is 10.1. The van der Waals surface area contributed by atoms with Crippen LogP contribution in [0.25, 0.3) is 32.3 Å². The van der Waals surface area contributed by atoms with Gasteiger partial charge in [-0.25, -0.2) is 0 Å². The number of ether oxygens (including phenoxy) is 1. The molecule has 0 saturated heterocycles. The second-order valence-electron chi connectivity index (χ2n) is 4.78. The normalized spacial score (nSPS) is 11.6. The summed E-state index contributed by atoms with van der Waals surface area (Å²) in [6.07, 6.45) is 0. The van der Waals surface area contributed by atoms with Gasteiger partial charge >= 0.3 is 0 Å². The number of benzene rings is 4. The van der Waals surface area contributed by atoms with Crippen LogP contribution in [0.5, 0.6) is 11.5 Å². The van der Waals surface area contributed by atoms with E-state index >= 15 is 0 Å². The molecule has 2 heteroatoms. The van der Waals surface area contributed by atoms with E-state index < -0.39 is 0 Å². The average molecular weight is 248 g/mol. The van der Waals surface area contributed by atoms with E-state index in [-0.39, 0.29) is 5.75 Å². The highest BCUT2D eigenvalue weighted by Gasteiger charge is 2.14. The standard InChI is InChI=1S/C17H12O2/c1-19-17-13-8-7-11-4-2-3-10-5-6-12(9-14(17)18)16(13)15(10)11/h2-9,18H,1H3. The van der Waals surface area contributed by atoms with Crippen LogP contribution in [0.15, 0.2) is 48.5 Å². The number of hydrogen-bond donors (Lipinski definition) is 1. The van der Waals surface area contributed by atoms with Gasteiger partial charge in [-0.05, 0) is 33.7 Å². The summed E-state index contributed by atoms with van der Waals surface area (Å²) in [5.74, 6) is 0.735. The largest absolute Gasteiger partial charge is 0.504 e. The lowest BCUT2D eigenvalue weighted by molar-refractivity contribution is 0.378. The molecule has 92 valence electrons. The van der Waals surface area contributed by atoms with Gasteiger partial charge in [0, 0.05) is 10.8 Å². The highest BCUT2D eigenvalue weighted by Crippen LogP contribution is 2.42. The number of rotatable bonds is 1. The zero-order valence-corrected chi connectivity index (χ0v) is 10.5. The quantitative estimate of drug-likeness (QED) is 0.509. The number of hydrogen-bond acceptors (Lipinski definition) is 2. The SMILES string of the molecule is COc1c(O)cc2ccc3cccc4ccc1c2c34. The molecule has 0 bridgehead atoms. The Morgan fingerprint density at radius 3 is 2.26 bits per heavy atom. The fraction of sp³-hybridized carbons (Fsp3) is 0.0588. The molecule has 0 aliphatic heterocycles. The molecule has 1 N–H and O–H groups in total. The first kappa shape index (κ1) is 10.4. The molecule has 0 amide bonds. The Hall–Kier alpha value is -2.48. The number of phenolic OH excluding ortho intramolecular Hbond substituents is 1. The van der Waals surface area contributed by atoms with Gasteiger partial charge < -0.3 is 9.84 Å². The molecule has 0 unspecified atom stereocenters. The van der Waals surface area contributed by atoms with E-state index in [0.29, 0.717) is 5.75 Å². The highest BCUT2D eigenvalue weighted by molar-refractivity contribution is 6.24. The monoisotopic (exact) mass is 248 g/mol. The van der Waals surface area contributed by atoms with Crippen molar-refractivity contribution in [2.75, 3.05) is 7.11 Å². The van der Waals surface area contributed by atoms with Crippen molar-refractivity contribution < 1.29 is 9.84 Å². The fourth-order valence-electron chi connectivity index (χ4n) is 2.98. The molecule has 0 radical (unpaired) electrons. The van der Waals surface area contributed by atoms with Crippen molar-refractivity contribution in [1.29, 1.82) is 0 Å². The van der Waals surface area contributed by atoms with Gasteiger partial charge in [0.15, 0.2) is 11.5 Å². The van der Waals surface area contributed by atoms with Gasteiger partial charge in [0.05, 0.1) is 7.11 Å². The third-order valence-corrected chi connectivity index (χ3v) is 3.78. The number of phenols is 1. The molecule has 0 aliphatic carbocycles. The molecule has 0 heterocycles. The van der Waals surface area contributed by atoms with Crippen molar-refractivity contribution in [3.05, 3.63) is 48.5 Å². The van der Waals surface area contributed by atoms with Gasteiger partial charge in [0.1, 0.15) is 0 Å². The zero-order chi connectivity index (χ0) is 13.0. The average Bonchev–Trinajstić information content (AvgIpc) is 2.44. The maximum absolute atomic E-state index is 10.1. The molecule has 2 nitrogen and oxygen atoms in total. The van der Waals surface area contributed by atoms with E-state index in [9.17, 15) is 5.11 Å². The zero-order valence-electron chi connectivity index (χ0n) is 10.5.